The second-order valence-corrected chi connectivity index (χ2v) is 14.3. The lowest BCUT2D eigenvalue weighted by Crippen LogP contribution is -2.43. The van der Waals surface area contributed by atoms with Crippen LogP contribution in [0.15, 0.2) is 0 Å². The van der Waals surface area contributed by atoms with Gasteiger partial charge in [0.15, 0.2) is 0 Å². The summed E-state index contributed by atoms with van der Waals surface area (Å²) in [6.07, 6.45) is 37.6. The van der Waals surface area contributed by atoms with Crippen molar-refractivity contribution in [3.05, 3.63) is 0 Å². The molecule has 2 heteroatoms. The minimum atomic E-state index is 1.23. The number of unbranched alkanes of at least 4 members (excludes halogenated alkanes) is 23. The maximum Gasteiger partial charge on any atom is 0.0784 e. The van der Waals surface area contributed by atoms with Gasteiger partial charge in [-0.15, -0.1) is 0 Å². The predicted octanol–water partition coefficient (Wildman–Crippen LogP) is 11.3. The van der Waals surface area contributed by atoms with Gasteiger partial charge in [0.25, 0.3) is 0 Å². The smallest absolute Gasteiger partial charge is 0.0784 e. The molecule has 2 nitrogen and oxygen atoms in total. The normalized spacial score (nSPS) is 12.5. The third kappa shape index (κ3) is 28.9. The molecule has 0 unspecified atom stereocenters. The zero-order valence-corrected chi connectivity index (χ0v) is 28.1. The Labute approximate surface area is 243 Å². The van der Waals surface area contributed by atoms with E-state index in [1.54, 1.807) is 0 Å². The molecule has 0 aliphatic carbocycles. The Morgan fingerprint density at radius 3 is 0.605 bits per heavy atom. The zero-order valence-electron chi connectivity index (χ0n) is 28.1. The molecule has 0 aromatic carbocycles. The average Bonchev–Trinajstić information content (AvgIpc) is 2.88. The van der Waals surface area contributed by atoms with Gasteiger partial charge in [-0.1, -0.05) is 142 Å². The average molecular weight is 539 g/mol. The molecule has 0 aromatic heterocycles. The molecule has 0 radical (unpaired) electrons. The number of quaternary nitrogens is 2. The second-order valence-electron chi connectivity index (χ2n) is 14.3. The molecule has 0 N–H and O–H groups in total. The molecule has 38 heavy (non-hydrogen) atoms. The van der Waals surface area contributed by atoms with Crippen molar-refractivity contribution in [1.82, 2.24) is 0 Å². The molecule has 0 aliphatic rings. The van der Waals surface area contributed by atoms with Crippen LogP contribution in [0.2, 0.25) is 0 Å². The largest absolute Gasteiger partial charge is 0.328 e. The Bertz CT molecular complexity index is 414. The summed E-state index contributed by atoms with van der Waals surface area (Å²) >= 11 is 0. The van der Waals surface area contributed by atoms with Crippen molar-refractivity contribution in [2.24, 2.45) is 0 Å². The fourth-order valence-corrected chi connectivity index (χ4v) is 6.06. The first-order valence-corrected chi connectivity index (χ1v) is 18.0. The van der Waals surface area contributed by atoms with E-state index in [2.05, 4.69) is 42.0 Å². The van der Waals surface area contributed by atoms with Crippen molar-refractivity contribution in [1.29, 1.82) is 0 Å². The Morgan fingerprint density at radius 1 is 0.237 bits per heavy atom. The van der Waals surface area contributed by atoms with Gasteiger partial charge in [0, 0.05) is 12.8 Å². The lowest BCUT2D eigenvalue weighted by Gasteiger charge is -2.32. The van der Waals surface area contributed by atoms with E-state index >= 15 is 0 Å². The first-order valence-electron chi connectivity index (χ1n) is 18.0. The summed E-state index contributed by atoms with van der Waals surface area (Å²) in [7, 11) is 9.85. The van der Waals surface area contributed by atoms with Crippen molar-refractivity contribution in [2.45, 2.75) is 181 Å². The van der Waals surface area contributed by atoms with Crippen molar-refractivity contribution in [2.75, 3.05) is 54.4 Å². The molecule has 0 aliphatic heterocycles. The predicted molar refractivity (Wildman–Crippen MR) is 175 cm³/mol. The molecule has 0 bridgehead atoms. The van der Waals surface area contributed by atoms with Crippen LogP contribution in [-0.2, 0) is 0 Å². The highest BCUT2D eigenvalue weighted by atomic mass is 15.3. The number of nitrogens with zero attached hydrogens (tertiary/aromatic N) is 2. The zero-order chi connectivity index (χ0) is 28.2. The van der Waals surface area contributed by atoms with Crippen LogP contribution in [0.25, 0.3) is 0 Å². The molecular formula is C36H78N2+2. The summed E-state index contributed by atoms with van der Waals surface area (Å²) in [5.41, 5.74) is 0. The van der Waals surface area contributed by atoms with Crippen LogP contribution >= 0.6 is 0 Å². The van der Waals surface area contributed by atoms with E-state index < -0.39 is 0 Å². The van der Waals surface area contributed by atoms with Crippen LogP contribution in [0.5, 0.6) is 0 Å². The van der Waals surface area contributed by atoms with E-state index in [9.17, 15) is 0 Å². The minimum Gasteiger partial charge on any atom is -0.328 e. The van der Waals surface area contributed by atoms with E-state index in [1.165, 1.54) is 202 Å². The first-order chi connectivity index (χ1) is 18.3. The third-order valence-electron chi connectivity index (χ3n) is 9.01. The lowest BCUT2D eigenvalue weighted by atomic mass is 10.0. The molecule has 0 saturated carbocycles. The van der Waals surface area contributed by atoms with Crippen LogP contribution in [0.1, 0.15) is 181 Å². The van der Waals surface area contributed by atoms with Crippen LogP contribution in [0.4, 0.5) is 0 Å². The maximum atomic E-state index is 2.46. The summed E-state index contributed by atoms with van der Waals surface area (Å²) in [4.78, 5) is 0. The first kappa shape index (κ1) is 37.9. The van der Waals surface area contributed by atoms with Gasteiger partial charge in [0.1, 0.15) is 0 Å². The van der Waals surface area contributed by atoms with Crippen LogP contribution in [-0.4, -0.2) is 63.3 Å². The Kier molecular flexibility index (Phi) is 27.1. The summed E-state index contributed by atoms with van der Waals surface area (Å²) < 4.78 is 2.45. The highest BCUT2D eigenvalue weighted by Gasteiger charge is 2.17. The molecule has 0 spiro atoms. The Morgan fingerprint density at radius 2 is 0.395 bits per heavy atom. The molecule has 0 amide bonds. The summed E-state index contributed by atoms with van der Waals surface area (Å²) in [5, 5.41) is 0. The van der Waals surface area contributed by atoms with Crippen LogP contribution < -0.4 is 0 Å². The summed E-state index contributed by atoms with van der Waals surface area (Å²) in [6, 6.07) is 0. The number of rotatable bonds is 31. The summed E-state index contributed by atoms with van der Waals surface area (Å²) in [5.74, 6) is 0. The highest BCUT2D eigenvalue weighted by molar-refractivity contribution is 4.51. The minimum absolute atomic E-state index is 1.23. The van der Waals surface area contributed by atoms with Crippen molar-refractivity contribution < 1.29 is 8.97 Å². The molecule has 0 rings (SSSR count). The molecule has 0 heterocycles. The Hall–Kier alpha value is -0.0800. The maximum absolute atomic E-state index is 2.46. The molecule has 0 aromatic rings. The quantitative estimate of drug-likeness (QED) is 0.0608. The monoisotopic (exact) mass is 539 g/mol. The van der Waals surface area contributed by atoms with Gasteiger partial charge < -0.3 is 8.97 Å². The van der Waals surface area contributed by atoms with E-state index in [0.717, 1.165) is 0 Å². The highest BCUT2D eigenvalue weighted by Crippen LogP contribution is 2.15. The standard InChI is InChI=1S/C36H78N2/c1-7-9-11-13-15-17-19-21-23-25-27-29-33-37(3,4)35-31-32-36-38(5,6)34-30-28-26-24-22-20-18-16-14-12-10-8-2/h7-36H2,1-6H3/q+2. The van der Waals surface area contributed by atoms with Gasteiger partial charge in [-0.25, -0.2) is 0 Å². The van der Waals surface area contributed by atoms with Gasteiger partial charge in [0.05, 0.1) is 54.4 Å². The van der Waals surface area contributed by atoms with Gasteiger partial charge in [0.2, 0.25) is 0 Å². The molecule has 0 saturated heterocycles. The fraction of sp³-hybridized carbons (Fsp3) is 1.00. The van der Waals surface area contributed by atoms with Gasteiger partial charge in [-0.05, 0) is 25.7 Å². The van der Waals surface area contributed by atoms with Crippen molar-refractivity contribution in [3.8, 4) is 0 Å². The molecule has 230 valence electrons. The molecule has 0 atom stereocenters. The van der Waals surface area contributed by atoms with Gasteiger partial charge in [-0.2, -0.15) is 0 Å². The van der Waals surface area contributed by atoms with E-state index in [-0.39, 0.29) is 0 Å². The van der Waals surface area contributed by atoms with Crippen LogP contribution in [0.3, 0.4) is 0 Å². The van der Waals surface area contributed by atoms with E-state index in [0.29, 0.717) is 0 Å². The molecule has 0 fully saturated rings. The lowest BCUT2D eigenvalue weighted by molar-refractivity contribution is -0.897. The van der Waals surface area contributed by atoms with Crippen molar-refractivity contribution >= 4 is 0 Å². The second kappa shape index (κ2) is 27.1. The van der Waals surface area contributed by atoms with Crippen molar-refractivity contribution in [3.63, 3.8) is 0 Å². The summed E-state index contributed by atoms with van der Waals surface area (Å²) in [6.45, 7) is 10.1. The Balaban J connectivity index is 3.54. The fourth-order valence-electron chi connectivity index (χ4n) is 6.06. The van der Waals surface area contributed by atoms with Gasteiger partial charge in [-0.3, -0.25) is 0 Å². The van der Waals surface area contributed by atoms with Gasteiger partial charge >= 0.3 is 0 Å². The van der Waals surface area contributed by atoms with Crippen LogP contribution in [0, 0.1) is 0 Å². The van der Waals surface area contributed by atoms with E-state index in [4.69, 9.17) is 0 Å². The molecular weight excluding hydrogens is 460 g/mol. The SMILES string of the molecule is CCCCCCCCCCCCCC[N+](C)(C)CCCC[N+](C)(C)CCCCCCCCCCCCCC. The number of hydrogen-bond acceptors (Lipinski definition) is 0. The van der Waals surface area contributed by atoms with E-state index in [1.807, 2.05) is 0 Å². The number of hydrogen-bond donors (Lipinski definition) is 0. The topological polar surface area (TPSA) is 0 Å². The third-order valence-corrected chi connectivity index (χ3v) is 9.01.